The van der Waals surface area contributed by atoms with Crippen molar-refractivity contribution >= 4 is 34.2 Å². The molecule has 0 N–H and O–H groups in total. The fraction of sp³-hybridized carbons (Fsp3) is 0.111. The Labute approximate surface area is 162 Å². The van der Waals surface area contributed by atoms with Gasteiger partial charge in [0.05, 0.1) is 32.5 Å². The van der Waals surface area contributed by atoms with Crippen LogP contribution in [-0.4, -0.2) is 20.4 Å². The van der Waals surface area contributed by atoms with E-state index in [0.29, 0.717) is 10.9 Å². The summed E-state index contributed by atoms with van der Waals surface area (Å²) in [6.45, 7) is -0.643. The maximum atomic E-state index is 12.6. The predicted octanol–water partition coefficient (Wildman–Crippen LogP) is 2.84. The van der Waals surface area contributed by atoms with Gasteiger partial charge in [0, 0.05) is 12.1 Å². The Morgan fingerprint density at radius 2 is 2.07 bits per heavy atom. The lowest BCUT2D eigenvalue weighted by atomic mass is 10.2. The third-order valence-corrected chi connectivity index (χ3v) is 4.20. The summed E-state index contributed by atoms with van der Waals surface area (Å²) >= 11 is 5.92. The van der Waals surface area contributed by atoms with Crippen LogP contribution >= 0.6 is 11.6 Å². The van der Waals surface area contributed by atoms with Crippen molar-refractivity contribution in [2.24, 2.45) is 0 Å². The predicted molar refractivity (Wildman–Crippen MR) is 98.8 cm³/mol. The van der Waals surface area contributed by atoms with E-state index in [9.17, 15) is 19.7 Å². The summed E-state index contributed by atoms with van der Waals surface area (Å²) in [4.78, 5) is 39.2. The number of non-ortho nitro benzene ring substituents is 1. The fourth-order valence-electron chi connectivity index (χ4n) is 2.55. The second-order valence-corrected chi connectivity index (χ2v) is 6.00. The van der Waals surface area contributed by atoms with Crippen LogP contribution in [0.2, 0.25) is 5.02 Å². The molecule has 0 spiro atoms. The first-order valence-corrected chi connectivity index (χ1v) is 8.26. The highest BCUT2D eigenvalue weighted by atomic mass is 35.5. The van der Waals surface area contributed by atoms with Gasteiger partial charge in [0.1, 0.15) is 13.2 Å². The van der Waals surface area contributed by atoms with E-state index >= 15 is 0 Å². The van der Waals surface area contributed by atoms with Crippen LogP contribution in [0.3, 0.4) is 0 Å². The van der Waals surface area contributed by atoms with Crippen molar-refractivity contribution < 1.29 is 14.5 Å². The summed E-state index contributed by atoms with van der Waals surface area (Å²) in [5.74, 6) is -0.748. The van der Waals surface area contributed by atoms with Gasteiger partial charge < -0.3 is 4.74 Å². The molecule has 0 radical (unpaired) electrons. The van der Waals surface area contributed by atoms with Gasteiger partial charge in [-0.05, 0) is 18.2 Å². The van der Waals surface area contributed by atoms with Crippen molar-refractivity contribution in [3.8, 4) is 6.07 Å². The minimum atomic E-state index is -0.842. The molecule has 0 atom stereocenters. The normalized spacial score (nSPS) is 10.4. The van der Waals surface area contributed by atoms with E-state index < -0.39 is 16.5 Å². The summed E-state index contributed by atoms with van der Waals surface area (Å²) in [5, 5.41) is 19.9. The summed E-state index contributed by atoms with van der Waals surface area (Å²) in [6.07, 6.45) is 0. The van der Waals surface area contributed by atoms with E-state index in [1.54, 1.807) is 24.3 Å². The fourth-order valence-corrected chi connectivity index (χ4v) is 2.80. The van der Waals surface area contributed by atoms with E-state index in [1.807, 2.05) is 6.07 Å². The van der Waals surface area contributed by atoms with Crippen LogP contribution in [0.1, 0.15) is 16.2 Å². The van der Waals surface area contributed by atoms with Crippen molar-refractivity contribution in [2.45, 2.75) is 13.2 Å². The Balaban J connectivity index is 1.90. The topological polar surface area (TPSA) is 128 Å². The van der Waals surface area contributed by atoms with Gasteiger partial charge in [0.25, 0.3) is 11.2 Å². The number of aromatic nitrogens is 2. The van der Waals surface area contributed by atoms with E-state index in [4.69, 9.17) is 21.6 Å². The number of esters is 1. The summed E-state index contributed by atoms with van der Waals surface area (Å²) in [5.41, 5.74) is -0.351. The molecule has 3 aromatic rings. The van der Waals surface area contributed by atoms with Crippen molar-refractivity contribution in [1.82, 2.24) is 9.55 Å². The largest absolute Gasteiger partial charge is 0.454 e. The van der Waals surface area contributed by atoms with E-state index in [2.05, 4.69) is 4.98 Å². The van der Waals surface area contributed by atoms with E-state index in [0.717, 1.165) is 16.7 Å². The lowest BCUT2D eigenvalue weighted by molar-refractivity contribution is -0.384. The van der Waals surface area contributed by atoms with Crippen molar-refractivity contribution in [3.63, 3.8) is 0 Å². The zero-order valence-electron chi connectivity index (χ0n) is 14.2. The van der Waals surface area contributed by atoms with Crippen LogP contribution in [-0.2, 0) is 17.9 Å². The molecule has 9 nitrogen and oxygen atoms in total. The maximum Gasteiger partial charge on any atom is 0.340 e. The molecule has 0 saturated carbocycles. The lowest BCUT2D eigenvalue weighted by Crippen LogP contribution is -2.26. The molecule has 0 fully saturated rings. The number of nitrogens with zero attached hydrogens (tertiary/aromatic N) is 4. The Morgan fingerprint density at radius 3 is 2.75 bits per heavy atom. The third-order valence-electron chi connectivity index (χ3n) is 3.89. The molecule has 2 aromatic carbocycles. The van der Waals surface area contributed by atoms with Gasteiger partial charge in [-0.25, -0.2) is 9.78 Å². The molecule has 0 aliphatic heterocycles. The number of ether oxygens (including phenoxy) is 1. The third kappa shape index (κ3) is 3.67. The standard InChI is InChI=1S/C18H11ClN4O5/c19-14-9-11(23(26)27)5-6-12(14)18(25)28-10-16-21-15-4-2-1-3-13(15)17(24)22(16)8-7-20/h1-6,9H,8,10H2. The highest BCUT2D eigenvalue weighted by Gasteiger charge is 2.18. The molecule has 140 valence electrons. The molecule has 1 heterocycles. The number of carbonyl (C=O) groups excluding carboxylic acids is 1. The Bertz CT molecular complexity index is 1200. The molecular formula is C18H11ClN4O5. The van der Waals surface area contributed by atoms with Crippen molar-refractivity contribution in [3.05, 3.63) is 79.3 Å². The first-order chi connectivity index (χ1) is 13.4. The summed E-state index contributed by atoms with van der Waals surface area (Å²) < 4.78 is 6.28. The molecule has 0 aliphatic carbocycles. The van der Waals surface area contributed by atoms with Crippen LogP contribution < -0.4 is 5.56 Å². The van der Waals surface area contributed by atoms with Crippen LogP contribution in [0.15, 0.2) is 47.3 Å². The minimum absolute atomic E-state index is 0.0674. The van der Waals surface area contributed by atoms with Gasteiger partial charge in [0.2, 0.25) is 0 Å². The van der Waals surface area contributed by atoms with Gasteiger partial charge in [-0.15, -0.1) is 0 Å². The molecular weight excluding hydrogens is 388 g/mol. The molecule has 3 rings (SSSR count). The number of hydrogen-bond donors (Lipinski definition) is 0. The van der Waals surface area contributed by atoms with E-state index in [1.165, 1.54) is 6.07 Å². The number of nitro groups is 1. The summed E-state index contributed by atoms with van der Waals surface area (Å²) in [6, 6.07) is 11.8. The zero-order chi connectivity index (χ0) is 20.3. The van der Waals surface area contributed by atoms with Gasteiger partial charge >= 0.3 is 5.97 Å². The SMILES string of the molecule is N#CCn1c(COC(=O)c2ccc([N+](=O)[O-])cc2Cl)nc2ccccc2c1=O. The molecule has 0 unspecified atom stereocenters. The molecule has 0 bridgehead atoms. The van der Waals surface area contributed by atoms with E-state index in [-0.39, 0.29) is 35.2 Å². The molecule has 28 heavy (non-hydrogen) atoms. The van der Waals surface area contributed by atoms with Crippen LogP contribution in [0.4, 0.5) is 5.69 Å². The molecule has 10 heteroatoms. The molecule has 0 aliphatic rings. The second-order valence-electron chi connectivity index (χ2n) is 5.59. The van der Waals surface area contributed by atoms with Crippen LogP contribution in [0.25, 0.3) is 10.9 Å². The number of halogens is 1. The molecule has 0 saturated heterocycles. The highest BCUT2D eigenvalue weighted by Crippen LogP contribution is 2.23. The number of carbonyl (C=O) groups is 1. The van der Waals surface area contributed by atoms with Gasteiger partial charge in [-0.2, -0.15) is 5.26 Å². The first kappa shape index (κ1) is 19.0. The number of rotatable bonds is 5. The number of fused-ring (bicyclic) bond motifs is 1. The van der Waals surface area contributed by atoms with Gasteiger partial charge in [-0.1, -0.05) is 23.7 Å². The number of hydrogen-bond acceptors (Lipinski definition) is 7. The quantitative estimate of drug-likeness (QED) is 0.367. The molecule has 1 aromatic heterocycles. The number of benzene rings is 2. The molecule has 0 amide bonds. The Morgan fingerprint density at radius 1 is 1.32 bits per heavy atom. The zero-order valence-corrected chi connectivity index (χ0v) is 14.9. The number of para-hydroxylation sites is 1. The average molecular weight is 399 g/mol. The minimum Gasteiger partial charge on any atom is -0.454 e. The first-order valence-electron chi connectivity index (χ1n) is 7.89. The average Bonchev–Trinajstić information content (AvgIpc) is 2.68. The smallest absolute Gasteiger partial charge is 0.340 e. The second kappa shape index (κ2) is 7.85. The maximum absolute atomic E-state index is 12.6. The van der Waals surface area contributed by atoms with Crippen molar-refractivity contribution in [1.29, 1.82) is 5.26 Å². The highest BCUT2D eigenvalue weighted by molar-refractivity contribution is 6.33. The number of nitriles is 1. The summed E-state index contributed by atoms with van der Waals surface area (Å²) in [7, 11) is 0. The van der Waals surface area contributed by atoms with Crippen LogP contribution in [0.5, 0.6) is 0 Å². The van der Waals surface area contributed by atoms with Gasteiger partial charge in [-0.3, -0.25) is 19.5 Å². The number of nitro benzene ring substituents is 1. The van der Waals surface area contributed by atoms with Crippen LogP contribution in [0, 0.1) is 21.4 Å². The Kier molecular flexibility index (Phi) is 5.33. The monoisotopic (exact) mass is 398 g/mol. The van der Waals surface area contributed by atoms with Crippen molar-refractivity contribution in [2.75, 3.05) is 0 Å². The van der Waals surface area contributed by atoms with Gasteiger partial charge in [0.15, 0.2) is 5.82 Å². The lowest BCUT2D eigenvalue weighted by Gasteiger charge is -2.11. The Hall–Kier alpha value is -3.77.